The number of carbonyl (C=O) groups is 2. The molecule has 1 saturated heterocycles. The number of rotatable bonds is 6. The third-order valence-corrected chi connectivity index (χ3v) is 4.82. The van der Waals surface area contributed by atoms with E-state index in [0.29, 0.717) is 23.7 Å². The van der Waals surface area contributed by atoms with Crippen molar-refractivity contribution in [2.45, 2.75) is 19.8 Å². The van der Waals surface area contributed by atoms with Crippen LogP contribution >= 0.6 is 0 Å². The molecular weight excluding hydrogens is 344 g/mol. The molecule has 1 atom stereocenters. The number of hydrogen-bond donors (Lipinski definition) is 1. The van der Waals surface area contributed by atoms with Crippen LogP contribution in [0.5, 0.6) is 11.5 Å². The number of benzene rings is 2. The van der Waals surface area contributed by atoms with Gasteiger partial charge in [-0.3, -0.25) is 9.59 Å². The number of anilines is 2. The molecule has 1 aliphatic rings. The van der Waals surface area contributed by atoms with Crippen LogP contribution in [-0.2, 0) is 16.0 Å². The minimum Gasteiger partial charge on any atom is -0.497 e. The van der Waals surface area contributed by atoms with Gasteiger partial charge in [0.1, 0.15) is 11.5 Å². The molecule has 6 heteroatoms. The molecule has 2 aromatic rings. The maximum atomic E-state index is 12.8. The van der Waals surface area contributed by atoms with Crippen LogP contribution in [0.3, 0.4) is 0 Å². The van der Waals surface area contributed by atoms with Crippen LogP contribution in [0.1, 0.15) is 18.9 Å². The predicted octanol–water partition coefficient (Wildman–Crippen LogP) is 3.26. The van der Waals surface area contributed by atoms with E-state index in [1.54, 1.807) is 37.3 Å². The van der Waals surface area contributed by atoms with Crippen molar-refractivity contribution < 1.29 is 19.1 Å². The molecule has 1 N–H and O–H groups in total. The predicted molar refractivity (Wildman–Crippen MR) is 104 cm³/mol. The lowest BCUT2D eigenvalue weighted by Crippen LogP contribution is -2.28. The zero-order valence-corrected chi connectivity index (χ0v) is 15.8. The first-order valence-electron chi connectivity index (χ1n) is 8.98. The zero-order valence-electron chi connectivity index (χ0n) is 15.8. The van der Waals surface area contributed by atoms with Crippen molar-refractivity contribution in [3.8, 4) is 11.5 Å². The minimum absolute atomic E-state index is 0.0337. The third-order valence-electron chi connectivity index (χ3n) is 4.82. The second kappa shape index (κ2) is 8.12. The maximum absolute atomic E-state index is 12.8. The standard InChI is InChI=1S/C21H24N2O4/c1-4-14-7-5-6-8-18(14)23-13-15(11-20(23)24)21(25)22-17-12-16(26-2)9-10-19(17)27-3/h5-10,12,15H,4,11,13H2,1-3H3,(H,22,25)/t15-/m1/s1. The Bertz CT molecular complexity index is 850. The number of ether oxygens (including phenoxy) is 2. The Morgan fingerprint density at radius 2 is 1.96 bits per heavy atom. The van der Waals surface area contributed by atoms with E-state index >= 15 is 0 Å². The molecule has 2 amide bonds. The largest absolute Gasteiger partial charge is 0.497 e. The van der Waals surface area contributed by atoms with Crippen molar-refractivity contribution in [3.63, 3.8) is 0 Å². The molecule has 2 aromatic carbocycles. The smallest absolute Gasteiger partial charge is 0.229 e. The molecule has 6 nitrogen and oxygen atoms in total. The van der Waals surface area contributed by atoms with Gasteiger partial charge in [0, 0.05) is 24.7 Å². The molecule has 1 aliphatic heterocycles. The molecule has 0 unspecified atom stereocenters. The number of nitrogens with zero attached hydrogens (tertiary/aromatic N) is 1. The van der Waals surface area contributed by atoms with Crippen molar-refractivity contribution in [2.75, 3.05) is 31.0 Å². The second-order valence-corrected chi connectivity index (χ2v) is 6.44. The van der Waals surface area contributed by atoms with E-state index in [1.165, 1.54) is 0 Å². The van der Waals surface area contributed by atoms with Crippen LogP contribution < -0.4 is 19.7 Å². The fourth-order valence-electron chi connectivity index (χ4n) is 3.34. The maximum Gasteiger partial charge on any atom is 0.229 e. The van der Waals surface area contributed by atoms with E-state index in [4.69, 9.17) is 9.47 Å². The van der Waals surface area contributed by atoms with Crippen LogP contribution in [0.4, 0.5) is 11.4 Å². The number of amides is 2. The summed E-state index contributed by atoms with van der Waals surface area (Å²) < 4.78 is 10.5. The normalized spacial score (nSPS) is 16.3. The number of nitrogens with one attached hydrogen (secondary N) is 1. The van der Waals surface area contributed by atoms with Crippen molar-refractivity contribution in [3.05, 3.63) is 48.0 Å². The Morgan fingerprint density at radius 3 is 2.67 bits per heavy atom. The molecule has 0 bridgehead atoms. The summed E-state index contributed by atoms with van der Waals surface area (Å²) >= 11 is 0. The van der Waals surface area contributed by atoms with Gasteiger partial charge in [-0.05, 0) is 30.2 Å². The van der Waals surface area contributed by atoms with Crippen LogP contribution in [0.25, 0.3) is 0 Å². The highest BCUT2D eigenvalue weighted by molar-refractivity contribution is 6.04. The van der Waals surface area contributed by atoms with Gasteiger partial charge in [-0.1, -0.05) is 25.1 Å². The SMILES string of the molecule is CCc1ccccc1N1C[C@H](C(=O)Nc2cc(OC)ccc2OC)CC1=O. The van der Waals surface area contributed by atoms with Gasteiger partial charge < -0.3 is 19.7 Å². The summed E-state index contributed by atoms with van der Waals surface area (Å²) in [4.78, 5) is 27.0. The lowest BCUT2D eigenvalue weighted by molar-refractivity contribution is -0.122. The van der Waals surface area contributed by atoms with E-state index in [2.05, 4.69) is 12.2 Å². The Kier molecular flexibility index (Phi) is 5.64. The summed E-state index contributed by atoms with van der Waals surface area (Å²) in [6.45, 7) is 2.42. The molecule has 0 aliphatic carbocycles. The van der Waals surface area contributed by atoms with Crippen molar-refractivity contribution in [2.24, 2.45) is 5.92 Å². The zero-order chi connectivity index (χ0) is 19.4. The van der Waals surface area contributed by atoms with E-state index in [9.17, 15) is 9.59 Å². The molecule has 1 fully saturated rings. The number of carbonyl (C=O) groups excluding carboxylic acids is 2. The van der Waals surface area contributed by atoms with Gasteiger partial charge in [0.15, 0.2) is 0 Å². The fourth-order valence-corrected chi connectivity index (χ4v) is 3.34. The fraction of sp³-hybridized carbons (Fsp3) is 0.333. The molecule has 0 spiro atoms. The number of hydrogen-bond acceptors (Lipinski definition) is 4. The Hall–Kier alpha value is -3.02. The van der Waals surface area contributed by atoms with E-state index in [-0.39, 0.29) is 18.2 Å². The topological polar surface area (TPSA) is 67.9 Å². The summed E-state index contributed by atoms with van der Waals surface area (Å²) in [7, 11) is 3.10. The van der Waals surface area contributed by atoms with Crippen LogP contribution in [-0.4, -0.2) is 32.6 Å². The molecule has 3 rings (SSSR count). The van der Waals surface area contributed by atoms with Gasteiger partial charge in [0.05, 0.1) is 25.8 Å². The Morgan fingerprint density at radius 1 is 1.19 bits per heavy atom. The average Bonchev–Trinajstić information content (AvgIpc) is 3.09. The Balaban J connectivity index is 1.77. The molecule has 27 heavy (non-hydrogen) atoms. The van der Waals surface area contributed by atoms with Crippen molar-refractivity contribution in [1.29, 1.82) is 0 Å². The van der Waals surface area contributed by atoms with Gasteiger partial charge >= 0.3 is 0 Å². The van der Waals surface area contributed by atoms with Gasteiger partial charge in [0.2, 0.25) is 11.8 Å². The summed E-state index contributed by atoms with van der Waals surface area (Å²) in [6.07, 6.45) is 1.02. The number of methoxy groups -OCH3 is 2. The van der Waals surface area contributed by atoms with E-state index in [0.717, 1.165) is 17.7 Å². The highest BCUT2D eigenvalue weighted by Gasteiger charge is 2.36. The first-order chi connectivity index (χ1) is 13.1. The molecule has 1 heterocycles. The lowest BCUT2D eigenvalue weighted by atomic mass is 10.1. The first-order valence-corrected chi connectivity index (χ1v) is 8.98. The Labute approximate surface area is 159 Å². The third kappa shape index (κ3) is 3.89. The van der Waals surface area contributed by atoms with E-state index in [1.807, 2.05) is 24.3 Å². The molecule has 0 aromatic heterocycles. The highest BCUT2D eigenvalue weighted by Crippen LogP contribution is 2.32. The number of para-hydroxylation sites is 1. The van der Waals surface area contributed by atoms with Gasteiger partial charge in [-0.2, -0.15) is 0 Å². The average molecular weight is 368 g/mol. The molecule has 0 saturated carbocycles. The summed E-state index contributed by atoms with van der Waals surface area (Å²) in [5.41, 5.74) is 2.52. The monoisotopic (exact) mass is 368 g/mol. The highest BCUT2D eigenvalue weighted by atomic mass is 16.5. The summed E-state index contributed by atoms with van der Waals surface area (Å²) in [5.74, 6) is 0.507. The number of aryl methyl sites for hydroxylation is 1. The molecule has 0 radical (unpaired) electrons. The molecule has 142 valence electrons. The van der Waals surface area contributed by atoms with Gasteiger partial charge in [-0.15, -0.1) is 0 Å². The van der Waals surface area contributed by atoms with Gasteiger partial charge in [-0.25, -0.2) is 0 Å². The summed E-state index contributed by atoms with van der Waals surface area (Å²) in [5, 5.41) is 2.88. The van der Waals surface area contributed by atoms with Crippen LogP contribution in [0.15, 0.2) is 42.5 Å². The van der Waals surface area contributed by atoms with Gasteiger partial charge in [0.25, 0.3) is 0 Å². The van der Waals surface area contributed by atoms with Crippen LogP contribution in [0.2, 0.25) is 0 Å². The van der Waals surface area contributed by atoms with Crippen LogP contribution in [0, 0.1) is 5.92 Å². The second-order valence-electron chi connectivity index (χ2n) is 6.44. The van der Waals surface area contributed by atoms with Crippen molar-refractivity contribution in [1.82, 2.24) is 0 Å². The minimum atomic E-state index is -0.418. The molecular formula is C21H24N2O4. The quantitative estimate of drug-likeness (QED) is 0.850. The lowest BCUT2D eigenvalue weighted by Gasteiger charge is -2.20. The van der Waals surface area contributed by atoms with Crippen molar-refractivity contribution >= 4 is 23.2 Å². The van der Waals surface area contributed by atoms with E-state index < -0.39 is 5.92 Å². The first kappa shape index (κ1) is 18.8. The summed E-state index contributed by atoms with van der Waals surface area (Å²) in [6, 6.07) is 13.0.